The Morgan fingerprint density at radius 2 is 1.04 bits per heavy atom. The Labute approximate surface area is 259 Å². The van der Waals surface area contributed by atoms with E-state index >= 15 is 0 Å². The molecule has 0 atom stereocenters. The third-order valence-corrected chi connectivity index (χ3v) is 9.33. The van der Waals surface area contributed by atoms with Gasteiger partial charge in [-0.1, -0.05) is 133 Å². The van der Waals surface area contributed by atoms with Crippen molar-refractivity contribution in [3.63, 3.8) is 0 Å². The highest BCUT2D eigenvalue weighted by atomic mass is 15.2. The number of fused-ring (bicyclic) bond motifs is 4. The Kier molecular flexibility index (Phi) is 5.00. The van der Waals surface area contributed by atoms with Gasteiger partial charge in [-0.25, -0.2) is 9.97 Å². The first-order valence-corrected chi connectivity index (χ1v) is 15.4. The number of nitrogens with zero attached hydrogens (tertiary/aromatic N) is 3. The van der Waals surface area contributed by atoms with Crippen LogP contribution in [0.3, 0.4) is 0 Å². The quantitative estimate of drug-likeness (QED) is 0.211. The van der Waals surface area contributed by atoms with Gasteiger partial charge in [-0.15, -0.1) is 0 Å². The van der Waals surface area contributed by atoms with E-state index in [1.165, 1.54) is 54.9 Å². The molecule has 3 heteroatoms. The lowest BCUT2D eigenvalue weighted by Gasteiger charge is -2.16. The molecule has 0 unspecified atom stereocenters. The van der Waals surface area contributed by atoms with Gasteiger partial charge in [0.1, 0.15) is 0 Å². The first-order chi connectivity index (χ1) is 22.3. The minimum Gasteiger partial charge on any atom is -0.277 e. The van der Waals surface area contributed by atoms with Crippen LogP contribution in [0, 0.1) is 0 Å². The van der Waals surface area contributed by atoms with Gasteiger partial charge in [-0.05, 0) is 56.8 Å². The van der Waals surface area contributed by atoms with Crippen molar-refractivity contribution in [3.8, 4) is 50.6 Å². The highest BCUT2D eigenvalue weighted by Crippen LogP contribution is 2.51. The van der Waals surface area contributed by atoms with Gasteiger partial charge in [0.05, 0.1) is 22.2 Å². The van der Waals surface area contributed by atoms with E-state index in [4.69, 9.17) is 9.97 Å². The summed E-state index contributed by atoms with van der Waals surface area (Å²) in [5.41, 5.74) is 12.5. The molecular formula is C42H25N3. The van der Waals surface area contributed by atoms with Crippen LogP contribution < -0.4 is 0 Å². The molecule has 0 spiro atoms. The molecule has 0 bridgehead atoms. The molecule has 0 aliphatic heterocycles. The van der Waals surface area contributed by atoms with Gasteiger partial charge in [0.15, 0.2) is 0 Å². The fourth-order valence-electron chi connectivity index (χ4n) is 7.46. The van der Waals surface area contributed by atoms with Crippen molar-refractivity contribution in [3.05, 3.63) is 152 Å². The Morgan fingerprint density at radius 3 is 1.82 bits per heavy atom. The Morgan fingerprint density at radius 1 is 0.422 bits per heavy atom. The van der Waals surface area contributed by atoms with Crippen molar-refractivity contribution in [2.75, 3.05) is 0 Å². The van der Waals surface area contributed by atoms with Crippen molar-refractivity contribution in [1.82, 2.24) is 14.5 Å². The summed E-state index contributed by atoms with van der Waals surface area (Å²) < 4.78 is 2.32. The fourth-order valence-corrected chi connectivity index (χ4v) is 7.46. The number of rotatable bonds is 3. The molecule has 0 saturated carbocycles. The number of aromatic nitrogens is 3. The Balaban J connectivity index is 1.46. The fraction of sp³-hybridized carbons (Fsp3) is 0. The predicted molar refractivity (Wildman–Crippen MR) is 187 cm³/mol. The molecule has 208 valence electrons. The van der Waals surface area contributed by atoms with Crippen LogP contribution >= 0.6 is 0 Å². The third-order valence-electron chi connectivity index (χ3n) is 9.33. The van der Waals surface area contributed by atoms with Crippen molar-refractivity contribution in [2.45, 2.75) is 0 Å². The van der Waals surface area contributed by atoms with Gasteiger partial charge in [-0.3, -0.25) is 4.57 Å². The number of hydrogen-bond acceptors (Lipinski definition) is 2. The van der Waals surface area contributed by atoms with Gasteiger partial charge < -0.3 is 0 Å². The predicted octanol–water partition coefficient (Wildman–Crippen LogP) is 10.9. The molecule has 2 heterocycles. The molecule has 0 N–H and O–H groups in total. The molecule has 0 fully saturated rings. The van der Waals surface area contributed by atoms with Crippen LogP contribution in [0.1, 0.15) is 0 Å². The van der Waals surface area contributed by atoms with E-state index in [0.717, 1.165) is 33.2 Å². The van der Waals surface area contributed by atoms with E-state index in [0.29, 0.717) is 5.95 Å². The summed E-state index contributed by atoms with van der Waals surface area (Å²) in [5, 5.41) is 6.04. The molecule has 1 aliphatic rings. The first-order valence-electron chi connectivity index (χ1n) is 15.4. The summed E-state index contributed by atoms with van der Waals surface area (Å²) in [4.78, 5) is 10.7. The van der Waals surface area contributed by atoms with Crippen LogP contribution in [-0.4, -0.2) is 14.5 Å². The lowest BCUT2D eigenvalue weighted by Crippen LogP contribution is -2.04. The van der Waals surface area contributed by atoms with Crippen LogP contribution in [0.2, 0.25) is 0 Å². The number of para-hydroxylation sites is 1. The average molecular weight is 572 g/mol. The van der Waals surface area contributed by atoms with Crippen LogP contribution in [-0.2, 0) is 0 Å². The Bertz CT molecular complexity index is 2630. The zero-order valence-corrected chi connectivity index (χ0v) is 24.3. The van der Waals surface area contributed by atoms with Gasteiger partial charge in [0.25, 0.3) is 0 Å². The summed E-state index contributed by atoms with van der Waals surface area (Å²) in [5.74, 6) is 0.674. The molecule has 0 amide bonds. The van der Waals surface area contributed by atoms with E-state index in [1.807, 2.05) is 6.07 Å². The maximum atomic E-state index is 5.39. The van der Waals surface area contributed by atoms with Crippen molar-refractivity contribution in [2.24, 2.45) is 0 Å². The second-order valence-electron chi connectivity index (χ2n) is 11.8. The molecule has 2 aromatic heterocycles. The normalized spacial score (nSPS) is 12.0. The SMILES string of the molecule is c1ccc(-c2nc(-n3c4cccc5c4c4c6c(cccc6cc(-c6ccccc6)c43)-c3ccccc3-5)nc3ccccc23)cc1. The third kappa shape index (κ3) is 3.41. The van der Waals surface area contributed by atoms with Gasteiger partial charge >= 0.3 is 0 Å². The highest BCUT2D eigenvalue weighted by molar-refractivity contribution is 6.32. The summed E-state index contributed by atoms with van der Waals surface area (Å²) >= 11 is 0. The summed E-state index contributed by atoms with van der Waals surface area (Å²) in [6.45, 7) is 0. The van der Waals surface area contributed by atoms with E-state index in [1.54, 1.807) is 0 Å². The zero-order chi connectivity index (χ0) is 29.5. The molecule has 0 radical (unpaired) electrons. The van der Waals surface area contributed by atoms with Gasteiger partial charge in [0, 0.05) is 27.3 Å². The van der Waals surface area contributed by atoms with Crippen molar-refractivity contribution < 1.29 is 0 Å². The average Bonchev–Trinajstić information content (AvgIpc) is 3.40. The maximum Gasteiger partial charge on any atom is 0.235 e. The topological polar surface area (TPSA) is 30.7 Å². The zero-order valence-electron chi connectivity index (χ0n) is 24.3. The van der Waals surface area contributed by atoms with E-state index in [2.05, 4.69) is 150 Å². The van der Waals surface area contributed by atoms with Crippen LogP contribution in [0.25, 0.3) is 94.1 Å². The minimum absolute atomic E-state index is 0.674. The van der Waals surface area contributed by atoms with E-state index in [-0.39, 0.29) is 0 Å². The van der Waals surface area contributed by atoms with Gasteiger partial charge in [-0.2, -0.15) is 0 Å². The molecule has 3 nitrogen and oxygen atoms in total. The van der Waals surface area contributed by atoms with Crippen LogP contribution in [0.5, 0.6) is 0 Å². The minimum atomic E-state index is 0.674. The second-order valence-corrected chi connectivity index (χ2v) is 11.8. The van der Waals surface area contributed by atoms with Crippen LogP contribution in [0.15, 0.2) is 152 Å². The van der Waals surface area contributed by atoms with Crippen molar-refractivity contribution in [1.29, 1.82) is 0 Å². The standard InChI is InChI=1S/C42H25N3/c1-3-13-26(14-4-1)34-25-28-17-11-21-31-29-18-7-8-19-30(29)32-22-12-24-36-38(32)39(37(28)31)41(34)45(36)42-43-35-23-10-9-20-33(35)40(44-42)27-15-5-2-6-16-27/h1-25H. The van der Waals surface area contributed by atoms with Crippen LogP contribution in [0.4, 0.5) is 0 Å². The highest BCUT2D eigenvalue weighted by Gasteiger charge is 2.28. The molecule has 7 aromatic carbocycles. The lowest BCUT2D eigenvalue weighted by molar-refractivity contribution is 1.01. The molecule has 9 aromatic rings. The number of benzene rings is 7. The summed E-state index contributed by atoms with van der Waals surface area (Å²) in [6, 6.07) is 54.1. The maximum absolute atomic E-state index is 5.39. The Hall–Kier alpha value is -6.06. The van der Waals surface area contributed by atoms with Crippen molar-refractivity contribution >= 4 is 43.5 Å². The van der Waals surface area contributed by atoms with E-state index in [9.17, 15) is 0 Å². The molecule has 45 heavy (non-hydrogen) atoms. The van der Waals surface area contributed by atoms with Gasteiger partial charge in [0.2, 0.25) is 5.95 Å². The van der Waals surface area contributed by atoms with E-state index < -0.39 is 0 Å². The second kappa shape index (κ2) is 9.22. The molecule has 0 saturated heterocycles. The largest absolute Gasteiger partial charge is 0.277 e. The lowest BCUT2D eigenvalue weighted by atomic mass is 9.91. The molecular weight excluding hydrogens is 546 g/mol. The monoisotopic (exact) mass is 571 g/mol. The summed E-state index contributed by atoms with van der Waals surface area (Å²) in [7, 11) is 0. The first kappa shape index (κ1) is 24.4. The number of hydrogen-bond donors (Lipinski definition) is 0. The molecule has 1 aliphatic carbocycles. The molecule has 10 rings (SSSR count). The smallest absolute Gasteiger partial charge is 0.235 e. The summed E-state index contributed by atoms with van der Waals surface area (Å²) in [6.07, 6.45) is 0.